The Balaban J connectivity index is 2.19. The fourth-order valence-electron chi connectivity index (χ4n) is 1.61. The lowest BCUT2D eigenvalue weighted by Gasteiger charge is -2.08. The number of carbonyl (C=O) groups is 1. The zero-order valence-electron chi connectivity index (χ0n) is 8.33. The molecule has 0 aliphatic carbocycles. The number of hydrogen-bond acceptors (Lipinski definition) is 2. The molecule has 15 heavy (non-hydrogen) atoms. The van der Waals surface area contributed by atoms with Gasteiger partial charge < -0.3 is 0 Å². The molecule has 1 atom stereocenters. The second-order valence-electron chi connectivity index (χ2n) is 3.58. The zero-order chi connectivity index (χ0) is 10.8. The van der Waals surface area contributed by atoms with E-state index in [2.05, 4.69) is 10.5 Å². The van der Waals surface area contributed by atoms with E-state index in [1.807, 2.05) is 31.2 Å². The van der Waals surface area contributed by atoms with E-state index in [-0.39, 0.29) is 11.8 Å². The van der Waals surface area contributed by atoms with E-state index < -0.39 is 0 Å². The third kappa shape index (κ3) is 2.02. The van der Waals surface area contributed by atoms with Crippen molar-refractivity contribution in [2.75, 3.05) is 0 Å². The van der Waals surface area contributed by atoms with Gasteiger partial charge in [-0.25, -0.2) is 5.43 Å². The van der Waals surface area contributed by atoms with E-state index in [0.717, 1.165) is 11.3 Å². The first-order valence-corrected chi connectivity index (χ1v) is 5.13. The minimum absolute atomic E-state index is 0.0487. The van der Waals surface area contributed by atoms with Crippen molar-refractivity contribution in [1.29, 1.82) is 0 Å². The van der Waals surface area contributed by atoms with Crippen LogP contribution in [0.3, 0.4) is 0 Å². The Labute approximate surface area is 93.1 Å². The summed E-state index contributed by atoms with van der Waals surface area (Å²) in [4.78, 5) is 11.4. The lowest BCUT2D eigenvalue weighted by molar-refractivity contribution is -0.122. The van der Waals surface area contributed by atoms with Crippen LogP contribution in [-0.4, -0.2) is 11.6 Å². The van der Waals surface area contributed by atoms with Crippen molar-refractivity contribution < 1.29 is 4.79 Å². The Hall–Kier alpha value is -1.35. The van der Waals surface area contributed by atoms with Crippen molar-refractivity contribution in [3.8, 4) is 0 Å². The fraction of sp³-hybridized carbons (Fsp3) is 0.273. The van der Waals surface area contributed by atoms with Crippen molar-refractivity contribution >= 4 is 23.2 Å². The maximum absolute atomic E-state index is 11.4. The number of nitrogens with one attached hydrogen (secondary N) is 1. The first kappa shape index (κ1) is 10.2. The third-order valence-corrected chi connectivity index (χ3v) is 2.91. The van der Waals surface area contributed by atoms with Gasteiger partial charge in [-0.3, -0.25) is 4.79 Å². The quantitative estimate of drug-likeness (QED) is 0.817. The number of carbonyl (C=O) groups excluding carboxylic acids is 1. The number of amides is 1. The molecule has 1 aliphatic heterocycles. The summed E-state index contributed by atoms with van der Waals surface area (Å²) in [5, 5.41) is 4.60. The normalized spacial score (nSPS) is 20.0. The van der Waals surface area contributed by atoms with Gasteiger partial charge in [0.05, 0.1) is 5.92 Å². The van der Waals surface area contributed by atoms with Crippen LogP contribution in [0.4, 0.5) is 0 Å². The monoisotopic (exact) mass is 222 g/mol. The van der Waals surface area contributed by atoms with Gasteiger partial charge in [0.1, 0.15) is 0 Å². The Kier molecular flexibility index (Phi) is 2.73. The predicted molar refractivity (Wildman–Crippen MR) is 59.9 cm³/mol. The molecular weight excluding hydrogens is 212 g/mol. The van der Waals surface area contributed by atoms with E-state index >= 15 is 0 Å². The third-order valence-electron chi connectivity index (χ3n) is 2.55. The molecule has 1 amide bonds. The molecule has 0 saturated carbocycles. The average molecular weight is 223 g/mol. The molecule has 0 fully saturated rings. The minimum Gasteiger partial charge on any atom is -0.272 e. The Morgan fingerprint density at radius 3 is 2.80 bits per heavy atom. The van der Waals surface area contributed by atoms with Crippen molar-refractivity contribution in [3.05, 3.63) is 34.9 Å². The lowest BCUT2D eigenvalue weighted by atomic mass is 9.95. The van der Waals surface area contributed by atoms with Crippen molar-refractivity contribution in [3.63, 3.8) is 0 Å². The van der Waals surface area contributed by atoms with E-state index in [1.54, 1.807) is 0 Å². The van der Waals surface area contributed by atoms with E-state index in [4.69, 9.17) is 11.6 Å². The molecule has 1 heterocycles. The number of hydrazone groups is 1. The number of halogens is 1. The molecular formula is C11H11ClN2O. The molecule has 3 nitrogen and oxygen atoms in total. The summed E-state index contributed by atoms with van der Waals surface area (Å²) >= 11 is 6.03. The van der Waals surface area contributed by atoms with Gasteiger partial charge in [-0.05, 0) is 25.0 Å². The summed E-state index contributed by atoms with van der Waals surface area (Å²) in [6.07, 6.45) is 0.612. The van der Waals surface area contributed by atoms with Crippen LogP contribution in [0.25, 0.3) is 0 Å². The van der Waals surface area contributed by atoms with Crippen LogP contribution in [-0.2, 0) is 11.2 Å². The SMILES string of the molecule is CC1=NNC(=O)C1Cc1ccccc1Cl. The molecule has 1 N–H and O–H groups in total. The van der Waals surface area contributed by atoms with Crippen LogP contribution >= 0.6 is 11.6 Å². The number of hydrogen-bond donors (Lipinski definition) is 1. The van der Waals surface area contributed by atoms with E-state index in [1.165, 1.54) is 0 Å². The van der Waals surface area contributed by atoms with Gasteiger partial charge in [-0.2, -0.15) is 5.10 Å². The summed E-state index contributed by atoms with van der Waals surface area (Å²) in [6.45, 7) is 1.85. The Morgan fingerprint density at radius 1 is 1.47 bits per heavy atom. The first-order chi connectivity index (χ1) is 7.18. The summed E-state index contributed by atoms with van der Waals surface area (Å²) in [5.41, 5.74) is 4.27. The standard InChI is InChI=1S/C11H11ClN2O/c1-7-9(11(15)14-13-7)6-8-4-2-3-5-10(8)12/h2-5,9H,6H2,1H3,(H,14,15). The maximum Gasteiger partial charge on any atom is 0.249 e. The molecule has 1 aromatic rings. The van der Waals surface area contributed by atoms with Gasteiger partial charge in [-0.1, -0.05) is 29.8 Å². The molecule has 0 bridgehead atoms. The second kappa shape index (κ2) is 4.03. The minimum atomic E-state index is -0.176. The molecule has 78 valence electrons. The summed E-state index contributed by atoms with van der Waals surface area (Å²) in [6, 6.07) is 7.56. The molecule has 2 rings (SSSR count). The van der Waals surface area contributed by atoms with Crippen LogP contribution in [0.5, 0.6) is 0 Å². The largest absolute Gasteiger partial charge is 0.272 e. The lowest BCUT2D eigenvalue weighted by Crippen LogP contribution is -2.24. The molecule has 0 saturated heterocycles. The van der Waals surface area contributed by atoms with Crippen molar-refractivity contribution in [2.24, 2.45) is 11.0 Å². The molecule has 0 radical (unpaired) electrons. The summed E-state index contributed by atoms with van der Waals surface area (Å²) in [7, 11) is 0. The highest BCUT2D eigenvalue weighted by Gasteiger charge is 2.27. The first-order valence-electron chi connectivity index (χ1n) is 4.76. The van der Waals surface area contributed by atoms with Crippen molar-refractivity contribution in [2.45, 2.75) is 13.3 Å². The molecule has 1 aromatic carbocycles. The molecule has 4 heteroatoms. The Morgan fingerprint density at radius 2 is 2.20 bits per heavy atom. The fourth-order valence-corrected chi connectivity index (χ4v) is 1.83. The highest BCUT2D eigenvalue weighted by Crippen LogP contribution is 2.21. The maximum atomic E-state index is 11.4. The Bertz CT molecular complexity index is 428. The van der Waals surface area contributed by atoms with Gasteiger partial charge in [0.25, 0.3) is 0 Å². The van der Waals surface area contributed by atoms with Gasteiger partial charge in [0.2, 0.25) is 5.91 Å². The molecule has 0 spiro atoms. The topological polar surface area (TPSA) is 41.5 Å². The predicted octanol–water partition coefficient (Wildman–Crippen LogP) is 2.00. The van der Waals surface area contributed by atoms with Crippen molar-refractivity contribution in [1.82, 2.24) is 5.43 Å². The van der Waals surface area contributed by atoms with Gasteiger partial charge >= 0.3 is 0 Å². The zero-order valence-corrected chi connectivity index (χ0v) is 9.08. The van der Waals surface area contributed by atoms with E-state index in [9.17, 15) is 4.79 Å². The van der Waals surface area contributed by atoms with Gasteiger partial charge in [-0.15, -0.1) is 0 Å². The van der Waals surface area contributed by atoms with Crippen LogP contribution in [0.1, 0.15) is 12.5 Å². The number of benzene rings is 1. The van der Waals surface area contributed by atoms with Crippen LogP contribution < -0.4 is 5.43 Å². The highest BCUT2D eigenvalue weighted by molar-refractivity contribution is 6.31. The van der Waals surface area contributed by atoms with Crippen LogP contribution in [0, 0.1) is 5.92 Å². The number of rotatable bonds is 2. The summed E-state index contributed by atoms with van der Waals surface area (Å²) in [5.74, 6) is -0.225. The van der Waals surface area contributed by atoms with Crippen LogP contribution in [0.2, 0.25) is 5.02 Å². The van der Waals surface area contributed by atoms with Crippen LogP contribution in [0.15, 0.2) is 29.4 Å². The molecule has 0 aromatic heterocycles. The summed E-state index contributed by atoms with van der Waals surface area (Å²) < 4.78 is 0. The van der Waals surface area contributed by atoms with Gasteiger partial charge in [0.15, 0.2) is 0 Å². The smallest absolute Gasteiger partial charge is 0.249 e. The number of nitrogens with zero attached hydrogens (tertiary/aromatic N) is 1. The molecule has 1 unspecified atom stereocenters. The van der Waals surface area contributed by atoms with E-state index in [0.29, 0.717) is 11.4 Å². The highest BCUT2D eigenvalue weighted by atomic mass is 35.5. The van der Waals surface area contributed by atoms with Gasteiger partial charge in [0, 0.05) is 10.7 Å². The molecule has 1 aliphatic rings. The second-order valence-corrected chi connectivity index (χ2v) is 3.98. The average Bonchev–Trinajstić information content (AvgIpc) is 2.53.